The van der Waals surface area contributed by atoms with Gasteiger partial charge in [-0.2, -0.15) is 0 Å². The monoisotopic (exact) mass is 209 g/mol. The van der Waals surface area contributed by atoms with E-state index in [1.165, 1.54) is 12.4 Å². The minimum absolute atomic E-state index is 0.193. The predicted octanol–water partition coefficient (Wildman–Crippen LogP) is 0.0952. The highest BCUT2D eigenvalue weighted by molar-refractivity contribution is 7.92. The van der Waals surface area contributed by atoms with Gasteiger partial charge in [0.1, 0.15) is 4.75 Å². The molecule has 0 aromatic heterocycles. The van der Waals surface area contributed by atoms with Crippen LogP contribution in [0.4, 0.5) is 0 Å². The van der Waals surface area contributed by atoms with Crippen LogP contribution >= 0.6 is 0 Å². The van der Waals surface area contributed by atoms with E-state index in [0.717, 1.165) is 6.26 Å². The van der Waals surface area contributed by atoms with Gasteiger partial charge in [-0.1, -0.05) is 13.3 Å². The molecule has 0 spiro atoms. The Hall–Kier alpha value is -0.620. The second-order valence-electron chi connectivity index (χ2n) is 3.19. The Balaban J connectivity index is 5.08. The van der Waals surface area contributed by atoms with Crippen molar-refractivity contribution in [2.45, 2.75) is 31.4 Å². The van der Waals surface area contributed by atoms with Crippen LogP contribution in [-0.2, 0) is 14.6 Å². The van der Waals surface area contributed by atoms with E-state index >= 15 is 0 Å². The summed E-state index contributed by atoms with van der Waals surface area (Å²) in [5, 5.41) is 8.40. The third-order valence-electron chi connectivity index (χ3n) is 2.13. The molecular formula is C7H15NO4S. The van der Waals surface area contributed by atoms with Crippen molar-refractivity contribution in [3.8, 4) is 0 Å². The topological polar surface area (TPSA) is 83.5 Å². The average molecular weight is 209 g/mol. The zero-order valence-electron chi connectivity index (χ0n) is 7.99. The number of hydroxylamine groups is 1. The molecule has 0 bridgehead atoms. The fraction of sp³-hybridized carbons (Fsp3) is 0.857. The molecule has 1 unspecified atom stereocenters. The maximum Gasteiger partial charge on any atom is 0.264 e. The lowest BCUT2D eigenvalue weighted by atomic mass is 10.1. The lowest BCUT2D eigenvalue weighted by Crippen LogP contribution is -2.48. The smallest absolute Gasteiger partial charge is 0.264 e. The lowest BCUT2D eigenvalue weighted by molar-refractivity contribution is -0.131. The maximum absolute atomic E-state index is 11.3. The second kappa shape index (κ2) is 4.06. The Morgan fingerprint density at radius 1 is 1.54 bits per heavy atom. The molecule has 1 atom stereocenters. The molecule has 0 aromatic carbocycles. The van der Waals surface area contributed by atoms with Crippen molar-refractivity contribution in [1.29, 1.82) is 0 Å². The molecule has 0 aliphatic rings. The summed E-state index contributed by atoms with van der Waals surface area (Å²) in [5.41, 5.74) is 1.38. The largest absolute Gasteiger partial charge is 0.289 e. The highest BCUT2D eigenvalue weighted by Gasteiger charge is 2.42. The molecule has 0 fully saturated rings. The van der Waals surface area contributed by atoms with Crippen LogP contribution in [0.2, 0.25) is 0 Å². The first-order valence-corrected chi connectivity index (χ1v) is 5.83. The third kappa shape index (κ3) is 2.41. The normalized spacial score (nSPS) is 16.3. The van der Waals surface area contributed by atoms with Gasteiger partial charge in [0.25, 0.3) is 5.91 Å². The summed E-state index contributed by atoms with van der Waals surface area (Å²) >= 11 is 0. The van der Waals surface area contributed by atoms with Gasteiger partial charge >= 0.3 is 0 Å². The van der Waals surface area contributed by atoms with Crippen molar-refractivity contribution in [3.05, 3.63) is 0 Å². The summed E-state index contributed by atoms with van der Waals surface area (Å²) in [5.74, 6) is -0.878. The van der Waals surface area contributed by atoms with Crippen molar-refractivity contribution in [3.63, 3.8) is 0 Å². The average Bonchev–Trinajstić information content (AvgIpc) is 2.01. The van der Waals surface area contributed by atoms with E-state index < -0.39 is 20.5 Å². The molecule has 1 amide bonds. The van der Waals surface area contributed by atoms with E-state index in [1.54, 1.807) is 6.92 Å². The van der Waals surface area contributed by atoms with E-state index in [9.17, 15) is 13.2 Å². The van der Waals surface area contributed by atoms with Crippen molar-refractivity contribution < 1.29 is 18.4 Å². The molecule has 0 aliphatic carbocycles. The number of carbonyl (C=O) groups is 1. The molecule has 5 nitrogen and oxygen atoms in total. The minimum atomic E-state index is -3.51. The van der Waals surface area contributed by atoms with Gasteiger partial charge in [0.15, 0.2) is 9.84 Å². The zero-order valence-corrected chi connectivity index (χ0v) is 8.81. The van der Waals surface area contributed by atoms with Gasteiger partial charge in [0.2, 0.25) is 0 Å². The highest BCUT2D eigenvalue weighted by Crippen LogP contribution is 2.22. The first-order chi connectivity index (χ1) is 5.79. The summed E-state index contributed by atoms with van der Waals surface area (Å²) in [6.45, 7) is 3.07. The van der Waals surface area contributed by atoms with Crippen molar-refractivity contribution in [1.82, 2.24) is 5.48 Å². The van der Waals surface area contributed by atoms with E-state index in [1.807, 2.05) is 0 Å². The number of hydrogen-bond acceptors (Lipinski definition) is 4. The Labute approximate surface area is 78.0 Å². The van der Waals surface area contributed by atoms with Gasteiger partial charge in [0, 0.05) is 6.26 Å². The Morgan fingerprint density at radius 2 is 2.00 bits per heavy atom. The molecule has 0 rings (SSSR count). The number of hydrogen-bond donors (Lipinski definition) is 2. The molecule has 0 aromatic rings. The first kappa shape index (κ1) is 12.4. The fourth-order valence-electron chi connectivity index (χ4n) is 1.06. The van der Waals surface area contributed by atoms with E-state index in [4.69, 9.17) is 5.21 Å². The highest BCUT2D eigenvalue weighted by atomic mass is 32.2. The van der Waals surface area contributed by atoms with E-state index in [2.05, 4.69) is 0 Å². The number of nitrogens with one attached hydrogen (secondary N) is 1. The van der Waals surface area contributed by atoms with Crippen LogP contribution in [0, 0.1) is 0 Å². The van der Waals surface area contributed by atoms with Crippen LogP contribution in [0.1, 0.15) is 26.7 Å². The molecule has 0 saturated carbocycles. The van der Waals surface area contributed by atoms with Crippen LogP contribution in [0.25, 0.3) is 0 Å². The Bertz CT molecular complexity index is 285. The van der Waals surface area contributed by atoms with Crippen LogP contribution in [-0.4, -0.2) is 30.5 Å². The van der Waals surface area contributed by atoms with Gasteiger partial charge in [-0.25, -0.2) is 13.9 Å². The summed E-state index contributed by atoms with van der Waals surface area (Å²) in [6, 6.07) is 0. The number of rotatable bonds is 4. The van der Waals surface area contributed by atoms with Crippen LogP contribution in [0.5, 0.6) is 0 Å². The Morgan fingerprint density at radius 3 is 2.23 bits per heavy atom. The van der Waals surface area contributed by atoms with Crippen LogP contribution < -0.4 is 5.48 Å². The summed E-state index contributed by atoms with van der Waals surface area (Å²) in [7, 11) is -3.51. The quantitative estimate of drug-likeness (QED) is 0.508. The summed E-state index contributed by atoms with van der Waals surface area (Å²) in [4.78, 5) is 11.1. The molecule has 6 heteroatoms. The third-order valence-corrected chi connectivity index (χ3v) is 4.15. The molecule has 0 radical (unpaired) electrons. The summed E-state index contributed by atoms with van der Waals surface area (Å²) in [6.07, 6.45) is 1.73. The molecule has 0 heterocycles. The lowest BCUT2D eigenvalue weighted by Gasteiger charge is -2.24. The maximum atomic E-state index is 11.3. The number of amides is 1. The molecule has 13 heavy (non-hydrogen) atoms. The van der Waals surface area contributed by atoms with Gasteiger partial charge in [-0.15, -0.1) is 0 Å². The fourth-order valence-corrected chi connectivity index (χ4v) is 2.02. The van der Waals surface area contributed by atoms with Gasteiger partial charge in [0.05, 0.1) is 0 Å². The van der Waals surface area contributed by atoms with E-state index in [0.29, 0.717) is 6.42 Å². The number of sulfone groups is 1. The minimum Gasteiger partial charge on any atom is -0.289 e. The van der Waals surface area contributed by atoms with Crippen LogP contribution in [0.15, 0.2) is 0 Å². The van der Waals surface area contributed by atoms with E-state index in [-0.39, 0.29) is 6.42 Å². The summed E-state index contributed by atoms with van der Waals surface area (Å²) < 4.78 is 21.0. The molecule has 0 saturated heterocycles. The number of carbonyl (C=O) groups excluding carboxylic acids is 1. The standard InChI is InChI=1S/C7H15NO4S/c1-4-5-7(2,6(9)8-10)13(3,11)12/h10H,4-5H2,1-3H3,(H,8,9). The van der Waals surface area contributed by atoms with Crippen molar-refractivity contribution in [2.75, 3.05) is 6.26 Å². The molecular weight excluding hydrogens is 194 g/mol. The zero-order chi connectivity index (χ0) is 10.7. The second-order valence-corrected chi connectivity index (χ2v) is 5.64. The Kier molecular flexibility index (Phi) is 3.87. The van der Waals surface area contributed by atoms with Gasteiger partial charge in [-0.05, 0) is 13.3 Å². The SMILES string of the molecule is CCCC(C)(C(=O)NO)S(C)(=O)=O. The van der Waals surface area contributed by atoms with Crippen molar-refractivity contribution in [2.24, 2.45) is 0 Å². The molecule has 0 aliphatic heterocycles. The van der Waals surface area contributed by atoms with Crippen molar-refractivity contribution >= 4 is 15.7 Å². The van der Waals surface area contributed by atoms with Gasteiger partial charge in [-0.3, -0.25) is 10.0 Å². The van der Waals surface area contributed by atoms with Crippen LogP contribution in [0.3, 0.4) is 0 Å². The predicted molar refractivity (Wildman–Crippen MR) is 48.1 cm³/mol. The molecule has 2 N–H and O–H groups in total. The first-order valence-electron chi connectivity index (χ1n) is 3.93. The van der Waals surface area contributed by atoms with Gasteiger partial charge < -0.3 is 0 Å². The molecule has 78 valence electrons.